The number of benzene rings is 2. The highest BCUT2D eigenvalue weighted by molar-refractivity contribution is 5.70. The molecule has 0 amide bonds. The van der Waals surface area contributed by atoms with Crippen LogP contribution in [0.5, 0.6) is 5.75 Å². The summed E-state index contributed by atoms with van der Waals surface area (Å²) in [5.41, 5.74) is 1.61. The lowest BCUT2D eigenvalue weighted by molar-refractivity contribution is -0.132. The summed E-state index contributed by atoms with van der Waals surface area (Å²) in [6, 6.07) is 10.7. The maximum Gasteiger partial charge on any atom is 0.308 e. The number of carbonyl (C=O) groups excluding carboxylic acids is 1. The molecule has 1 saturated heterocycles. The van der Waals surface area contributed by atoms with Crippen molar-refractivity contribution in [3.8, 4) is 5.75 Å². The number of carbonyl (C=O) groups is 1. The van der Waals surface area contributed by atoms with Gasteiger partial charge >= 0.3 is 5.97 Å². The first-order valence-electron chi connectivity index (χ1n) is 9.50. The zero-order valence-electron chi connectivity index (χ0n) is 16.3. The van der Waals surface area contributed by atoms with Crippen LogP contribution in [-0.2, 0) is 9.53 Å². The van der Waals surface area contributed by atoms with Crippen LogP contribution in [0.3, 0.4) is 0 Å². The zero-order chi connectivity index (χ0) is 21.0. The van der Waals surface area contributed by atoms with E-state index in [1.165, 1.54) is 23.8 Å². The molecule has 2 unspecified atom stereocenters. The Morgan fingerprint density at radius 1 is 1.17 bits per heavy atom. The number of hydrogen-bond acceptors (Lipinski definition) is 3. The first-order valence-corrected chi connectivity index (χ1v) is 9.50. The number of aryl methyl sites for hydroxylation is 1. The van der Waals surface area contributed by atoms with Gasteiger partial charge in [0.15, 0.2) is 11.6 Å². The van der Waals surface area contributed by atoms with Crippen molar-refractivity contribution in [2.24, 2.45) is 5.92 Å². The zero-order valence-corrected chi connectivity index (χ0v) is 16.3. The molecule has 0 aromatic heterocycles. The lowest BCUT2D eigenvalue weighted by Crippen LogP contribution is -2.19. The standard InChI is InChI=1S/C23H23F3O3/c1-14-3-7-17(8-4-14)19-11-6-16(13-28-19)5-9-18-10-12-20(29-15(2)27)22(24)21(18)23(25)26/h3-5,7-10,12,16,19,23H,6,11,13H2,1-2H3/b9-5+. The predicted molar refractivity (Wildman–Crippen MR) is 104 cm³/mol. The van der Waals surface area contributed by atoms with Gasteiger partial charge in [0.1, 0.15) is 0 Å². The fraction of sp³-hybridized carbons (Fsp3) is 0.348. The molecule has 3 nitrogen and oxygen atoms in total. The van der Waals surface area contributed by atoms with Crippen LogP contribution in [0.25, 0.3) is 6.08 Å². The highest BCUT2D eigenvalue weighted by Crippen LogP contribution is 2.34. The summed E-state index contributed by atoms with van der Waals surface area (Å²) in [6.45, 7) is 3.58. The number of halogens is 3. The Balaban J connectivity index is 1.69. The molecule has 2 aromatic carbocycles. The van der Waals surface area contributed by atoms with E-state index in [1.807, 2.05) is 19.1 Å². The minimum Gasteiger partial charge on any atom is -0.424 e. The van der Waals surface area contributed by atoms with Crippen LogP contribution in [0, 0.1) is 18.7 Å². The largest absolute Gasteiger partial charge is 0.424 e. The molecule has 0 aliphatic carbocycles. The fourth-order valence-electron chi connectivity index (χ4n) is 3.40. The van der Waals surface area contributed by atoms with Gasteiger partial charge in [0.2, 0.25) is 0 Å². The molecule has 6 heteroatoms. The van der Waals surface area contributed by atoms with Gasteiger partial charge in [-0.1, -0.05) is 48.0 Å². The Kier molecular flexibility index (Phi) is 6.75. The van der Waals surface area contributed by atoms with Gasteiger partial charge in [0, 0.05) is 12.8 Å². The number of ether oxygens (including phenoxy) is 2. The second-order valence-electron chi connectivity index (χ2n) is 7.20. The van der Waals surface area contributed by atoms with Crippen molar-refractivity contribution in [1.82, 2.24) is 0 Å². The third-order valence-electron chi connectivity index (χ3n) is 4.96. The minimum atomic E-state index is -3.03. The molecule has 1 aliphatic heterocycles. The van der Waals surface area contributed by atoms with Crippen molar-refractivity contribution in [3.05, 3.63) is 70.5 Å². The van der Waals surface area contributed by atoms with Gasteiger partial charge in [-0.25, -0.2) is 13.2 Å². The van der Waals surface area contributed by atoms with Crippen LogP contribution in [0.15, 0.2) is 42.5 Å². The van der Waals surface area contributed by atoms with Gasteiger partial charge in [-0.3, -0.25) is 4.79 Å². The quantitative estimate of drug-likeness (QED) is 0.441. The van der Waals surface area contributed by atoms with Crippen molar-refractivity contribution in [2.75, 3.05) is 6.61 Å². The lowest BCUT2D eigenvalue weighted by atomic mass is 9.93. The third kappa shape index (κ3) is 5.26. The summed E-state index contributed by atoms with van der Waals surface area (Å²) in [5.74, 6) is -2.42. The highest BCUT2D eigenvalue weighted by atomic mass is 19.3. The van der Waals surface area contributed by atoms with Crippen LogP contribution in [0.2, 0.25) is 0 Å². The summed E-state index contributed by atoms with van der Waals surface area (Å²) in [4.78, 5) is 11.0. The second-order valence-corrected chi connectivity index (χ2v) is 7.20. The Labute approximate surface area is 168 Å². The van der Waals surface area contributed by atoms with Crippen LogP contribution >= 0.6 is 0 Å². The van der Waals surface area contributed by atoms with Crippen LogP contribution in [0.4, 0.5) is 13.2 Å². The van der Waals surface area contributed by atoms with E-state index in [4.69, 9.17) is 4.74 Å². The summed E-state index contributed by atoms with van der Waals surface area (Å²) in [7, 11) is 0. The summed E-state index contributed by atoms with van der Waals surface area (Å²) in [6.07, 6.45) is 1.92. The van der Waals surface area contributed by atoms with E-state index in [-0.39, 0.29) is 17.6 Å². The molecule has 0 N–H and O–H groups in total. The van der Waals surface area contributed by atoms with Gasteiger partial charge in [-0.05, 0) is 37.0 Å². The smallest absolute Gasteiger partial charge is 0.308 e. The van der Waals surface area contributed by atoms with Gasteiger partial charge in [0.05, 0.1) is 18.3 Å². The average molecular weight is 404 g/mol. The minimum absolute atomic E-state index is 0.0253. The topological polar surface area (TPSA) is 35.5 Å². The molecule has 1 aliphatic rings. The summed E-state index contributed by atoms with van der Waals surface area (Å²) >= 11 is 0. The molecule has 29 heavy (non-hydrogen) atoms. The van der Waals surface area contributed by atoms with Crippen LogP contribution in [-0.4, -0.2) is 12.6 Å². The molecule has 0 saturated carbocycles. The van der Waals surface area contributed by atoms with Crippen molar-refractivity contribution < 1.29 is 27.4 Å². The fourth-order valence-corrected chi connectivity index (χ4v) is 3.40. The summed E-state index contributed by atoms with van der Waals surface area (Å²) in [5, 5.41) is 0. The molecule has 3 rings (SSSR count). The van der Waals surface area contributed by atoms with Crippen molar-refractivity contribution in [2.45, 2.75) is 39.2 Å². The summed E-state index contributed by atoms with van der Waals surface area (Å²) < 4.78 is 51.8. The van der Waals surface area contributed by atoms with E-state index < -0.39 is 29.5 Å². The number of rotatable bonds is 5. The predicted octanol–water partition coefficient (Wildman–Crippen LogP) is 6.18. The molecular weight excluding hydrogens is 381 g/mol. The Hall–Kier alpha value is -2.60. The van der Waals surface area contributed by atoms with Gasteiger partial charge in [0.25, 0.3) is 6.43 Å². The van der Waals surface area contributed by atoms with Gasteiger partial charge in [-0.2, -0.15) is 0 Å². The third-order valence-corrected chi connectivity index (χ3v) is 4.96. The average Bonchev–Trinajstić information content (AvgIpc) is 2.68. The normalized spacial score (nSPS) is 19.7. The highest BCUT2D eigenvalue weighted by Gasteiger charge is 2.24. The molecule has 1 heterocycles. The molecule has 0 bridgehead atoms. The molecule has 2 aromatic rings. The van der Waals surface area contributed by atoms with Crippen molar-refractivity contribution >= 4 is 12.0 Å². The Morgan fingerprint density at radius 3 is 2.48 bits per heavy atom. The maximum atomic E-state index is 14.4. The molecule has 0 spiro atoms. The Morgan fingerprint density at radius 2 is 1.90 bits per heavy atom. The molecule has 2 atom stereocenters. The van der Waals surface area contributed by atoms with Crippen molar-refractivity contribution in [1.29, 1.82) is 0 Å². The van der Waals surface area contributed by atoms with E-state index in [9.17, 15) is 18.0 Å². The Bertz CT molecular complexity index is 883. The first kappa shape index (κ1) is 21.1. The number of esters is 1. The van der Waals surface area contributed by atoms with Crippen LogP contribution < -0.4 is 4.74 Å². The maximum absolute atomic E-state index is 14.4. The molecule has 154 valence electrons. The second kappa shape index (κ2) is 9.27. The van der Waals surface area contributed by atoms with E-state index in [1.54, 1.807) is 6.08 Å². The van der Waals surface area contributed by atoms with Gasteiger partial charge in [-0.15, -0.1) is 0 Å². The molecular formula is C23H23F3O3. The number of alkyl halides is 2. The molecule has 0 radical (unpaired) electrons. The monoisotopic (exact) mass is 404 g/mol. The van der Waals surface area contributed by atoms with E-state index in [0.717, 1.165) is 25.3 Å². The SMILES string of the molecule is CC(=O)Oc1ccc(/C=C/C2CCC(c3ccc(C)cc3)OC2)c(C(F)F)c1F. The van der Waals surface area contributed by atoms with E-state index in [0.29, 0.717) is 6.61 Å². The van der Waals surface area contributed by atoms with Crippen molar-refractivity contribution in [3.63, 3.8) is 0 Å². The van der Waals surface area contributed by atoms with E-state index >= 15 is 0 Å². The lowest BCUT2D eigenvalue weighted by Gasteiger charge is -2.28. The van der Waals surface area contributed by atoms with E-state index in [2.05, 4.69) is 16.9 Å². The number of hydrogen-bond donors (Lipinski definition) is 0. The molecule has 1 fully saturated rings. The first-order chi connectivity index (χ1) is 13.8. The van der Waals surface area contributed by atoms with Gasteiger partial charge < -0.3 is 9.47 Å². The van der Waals surface area contributed by atoms with Crippen LogP contribution in [0.1, 0.15) is 54.5 Å².